The molecule has 0 saturated carbocycles. The lowest BCUT2D eigenvalue weighted by Crippen LogP contribution is -2.28. The second-order valence-corrected chi connectivity index (χ2v) is 5.19. The molecule has 1 heterocycles. The highest BCUT2D eigenvalue weighted by molar-refractivity contribution is 7.89. The summed E-state index contributed by atoms with van der Waals surface area (Å²) in [6, 6.07) is 4.27. The second kappa shape index (κ2) is 3.48. The minimum atomic E-state index is -3.65. The van der Waals surface area contributed by atoms with Gasteiger partial charge in [0, 0.05) is 5.02 Å². The molecule has 1 aliphatic heterocycles. The lowest BCUT2D eigenvalue weighted by molar-refractivity contribution is -0.115. The van der Waals surface area contributed by atoms with Crippen molar-refractivity contribution in [3.63, 3.8) is 0 Å². The van der Waals surface area contributed by atoms with E-state index in [4.69, 9.17) is 11.6 Å². The maximum Gasteiger partial charge on any atom is 0.243 e. The molecule has 1 amide bonds. The molecule has 1 aliphatic rings. The van der Waals surface area contributed by atoms with Crippen LogP contribution in [0.15, 0.2) is 23.1 Å². The van der Waals surface area contributed by atoms with Gasteiger partial charge in [0.1, 0.15) is 4.90 Å². The molecule has 0 fully saturated rings. The summed E-state index contributed by atoms with van der Waals surface area (Å²) in [4.78, 5) is 11.1. The molecule has 5 nitrogen and oxygen atoms in total. The van der Waals surface area contributed by atoms with E-state index in [1.165, 1.54) is 18.2 Å². The van der Waals surface area contributed by atoms with Crippen molar-refractivity contribution in [1.29, 1.82) is 0 Å². The largest absolute Gasteiger partial charge is 0.324 e. The van der Waals surface area contributed by atoms with Crippen molar-refractivity contribution in [2.75, 3.05) is 11.9 Å². The molecule has 0 spiro atoms. The van der Waals surface area contributed by atoms with Gasteiger partial charge in [0.25, 0.3) is 0 Å². The van der Waals surface area contributed by atoms with E-state index in [2.05, 4.69) is 10.0 Å². The van der Waals surface area contributed by atoms with Gasteiger partial charge in [0.15, 0.2) is 0 Å². The highest BCUT2D eigenvalue weighted by atomic mass is 35.5. The lowest BCUT2D eigenvalue weighted by atomic mass is 10.3. The smallest absolute Gasteiger partial charge is 0.243 e. The third kappa shape index (κ3) is 1.97. The first kappa shape index (κ1) is 10.4. The summed E-state index contributed by atoms with van der Waals surface area (Å²) in [6.07, 6.45) is 0. The molecule has 80 valence electrons. The van der Waals surface area contributed by atoms with Crippen molar-refractivity contribution in [3.05, 3.63) is 23.2 Å². The normalized spacial score (nSPS) is 18.9. The summed E-state index contributed by atoms with van der Waals surface area (Å²) in [5.74, 6) is -0.403. The Hall–Kier alpha value is -1.11. The van der Waals surface area contributed by atoms with E-state index in [-0.39, 0.29) is 17.1 Å². The van der Waals surface area contributed by atoms with Crippen LogP contribution < -0.4 is 10.0 Å². The minimum Gasteiger partial charge on any atom is -0.324 e. The fourth-order valence-electron chi connectivity index (χ4n) is 1.25. The van der Waals surface area contributed by atoms with Crippen LogP contribution in [-0.4, -0.2) is 20.9 Å². The Kier molecular flexibility index (Phi) is 2.41. The van der Waals surface area contributed by atoms with E-state index in [0.29, 0.717) is 5.02 Å². The van der Waals surface area contributed by atoms with Gasteiger partial charge in [-0.2, -0.15) is 0 Å². The van der Waals surface area contributed by atoms with E-state index < -0.39 is 15.9 Å². The zero-order valence-electron chi connectivity index (χ0n) is 7.45. The Balaban J connectivity index is 2.66. The first-order valence-electron chi connectivity index (χ1n) is 4.08. The number of carbonyl (C=O) groups is 1. The zero-order chi connectivity index (χ0) is 11.1. The molecule has 0 aliphatic carbocycles. The zero-order valence-corrected chi connectivity index (χ0v) is 9.02. The van der Waals surface area contributed by atoms with Crippen molar-refractivity contribution < 1.29 is 13.2 Å². The van der Waals surface area contributed by atoms with Crippen LogP contribution in [0.3, 0.4) is 0 Å². The standard InChI is InChI=1S/C8H7ClN2O3S/c9-5-1-2-6-7(3-5)15(13,14)10-4-8(12)11-6/h1-3,10H,4H2,(H,11,12). The number of carbonyl (C=O) groups excluding carboxylic acids is 1. The molecule has 1 aromatic carbocycles. The molecule has 1 aromatic rings. The monoisotopic (exact) mass is 246 g/mol. The Labute approximate surface area is 91.5 Å². The Morgan fingerprint density at radius 2 is 2.07 bits per heavy atom. The summed E-state index contributed by atoms with van der Waals surface area (Å²) in [5.41, 5.74) is 0.245. The summed E-state index contributed by atoms with van der Waals surface area (Å²) < 4.78 is 25.4. The van der Waals surface area contributed by atoms with Gasteiger partial charge in [-0.25, -0.2) is 13.1 Å². The van der Waals surface area contributed by atoms with Crippen LogP contribution in [-0.2, 0) is 14.8 Å². The van der Waals surface area contributed by atoms with E-state index in [1.807, 2.05) is 0 Å². The molecular formula is C8H7ClN2O3S. The number of rotatable bonds is 0. The van der Waals surface area contributed by atoms with Crippen molar-refractivity contribution in [2.24, 2.45) is 0 Å². The molecule has 7 heteroatoms. The van der Waals surface area contributed by atoms with E-state index >= 15 is 0 Å². The average Bonchev–Trinajstić information content (AvgIpc) is 2.27. The Morgan fingerprint density at radius 3 is 2.80 bits per heavy atom. The Morgan fingerprint density at radius 1 is 1.33 bits per heavy atom. The number of halogens is 1. The molecule has 0 bridgehead atoms. The van der Waals surface area contributed by atoms with Gasteiger partial charge in [-0.3, -0.25) is 4.79 Å². The molecule has 0 saturated heterocycles. The van der Waals surface area contributed by atoms with Crippen molar-refractivity contribution in [3.8, 4) is 0 Å². The number of hydrogen-bond acceptors (Lipinski definition) is 3. The predicted octanol–water partition coefficient (Wildman–Crippen LogP) is 0.570. The number of anilines is 1. The highest BCUT2D eigenvalue weighted by Gasteiger charge is 2.24. The maximum absolute atomic E-state index is 11.6. The van der Waals surface area contributed by atoms with E-state index in [9.17, 15) is 13.2 Å². The average molecular weight is 247 g/mol. The van der Waals surface area contributed by atoms with Gasteiger partial charge >= 0.3 is 0 Å². The fraction of sp³-hybridized carbons (Fsp3) is 0.125. The number of benzene rings is 1. The molecule has 0 unspecified atom stereocenters. The summed E-state index contributed by atoms with van der Waals surface area (Å²) in [5, 5.41) is 2.77. The fourth-order valence-corrected chi connectivity index (χ4v) is 2.66. The van der Waals surface area contributed by atoms with Crippen LogP contribution in [0.25, 0.3) is 0 Å². The van der Waals surface area contributed by atoms with Crippen LogP contribution in [0.4, 0.5) is 5.69 Å². The molecule has 0 radical (unpaired) electrons. The number of fused-ring (bicyclic) bond motifs is 1. The number of nitrogens with one attached hydrogen (secondary N) is 2. The molecule has 2 N–H and O–H groups in total. The van der Waals surface area contributed by atoms with Crippen LogP contribution in [0.1, 0.15) is 0 Å². The SMILES string of the molecule is O=C1CNS(=O)(=O)c2cc(Cl)ccc2N1. The molecule has 0 aromatic heterocycles. The van der Waals surface area contributed by atoms with Crippen molar-refractivity contribution in [2.45, 2.75) is 4.90 Å². The van der Waals surface area contributed by atoms with Gasteiger partial charge < -0.3 is 5.32 Å². The van der Waals surface area contributed by atoms with Crippen molar-refractivity contribution >= 4 is 33.2 Å². The Bertz CT molecular complexity index is 527. The second-order valence-electron chi connectivity index (χ2n) is 3.01. The number of hydrogen-bond donors (Lipinski definition) is 2. The number of amides is 1. The molecular weight excluding hydrogens is 240 g/mol. The molecule has 15 heavy (non-hydrogen) atoms. The van der Waals surface area contributed by atoms with Gasteiger partial charge in [-0.1, -0.05) is 11.6 Å². The lowest BCUT2D eigenvalue weighted by Gasteiger charge is -2.05. The third-order valence-corrected chi connectivity index (χ3v) is 3.61. The first-order chi connectivity index (χ1) is 6.99. The van der Waals surface area contributed by atoms with Gasteiger partial charge in [-0.15, -0.1) is 0 Å². The highest BCUT2D eigenvalue weighted by Crippen LogP contribution is 2.26. The van der Waals surface area contributed by atoms with Crippen molar-refractivity contribution in [1.82, 2.24) is 4.72 Å². The topological polar surface area (TPSA) is 75.3 Å². The van der Waals surface area contributed by atoms with Crippen LogP contribution in [0, 0.1) is 0 Å². The molecule has 2 rings (SSSR count). The number of sulfonamides is 1. The first-order valence-corrected chi connectivity index (χ1v) is 5.94. The van der Waals surface area contributed by atoms with Gasteiger partial charge in [0.2, 0.25) is 15.9 Å². The predicted molar refractivity (Wildman–Crippen MR) is 55.3 cm³/mol. The maximum atomic E-state index is 11.6. The van der Waals surface area contributed by atoms with E-state index in [1.54, 1.807) is 0 Å². The van der Waals surface area contributed by atoms with E-state index in [0.717, 1.165) is 0 Å². The van der Waals surface area contributed by atoms with Crippen LogP contribution >= 0.6 is 11.6 Å². The summed E-state index contributed by atoms with van der Waals surface area (Å²) >= 11 is 5.69. The van der Waals surface area contributed by atoms with Crippen LogP contribution in [0.2, 0.25) is 5.02 Å². The summed E-state index contributed by atoms with van der Waals surface area (Å²) in [7, 11) is -3.65. The van der Waals surface area contributed by atoms with Gasteiger partial charge in [0.05, 0.1) is 12.2 Å². The minimum absolute atomic E-state index is 0.0131. The summed E-state index contributed by atoms with van der Waals surface area (Å²) in [6.45, 7) is -0.269. The molecule has 0 atom stereocenters. The quantitative estimate of drug-likeness (QED) is 0.703. The third-order valence-electron chi connectivity index (χ3n) is 1.93. The van der Waals surface area contributed by atoms with Crippen LogP contribution in [0.5, 0.6) is 0 Å². The van der Waals surface area contributed by atoms with Gasteiger partial charge in [-0.05, 0) is 18.2 Å².